The second-order valence-electron chi connectivity index (χ2n) is 4.46. The predicted molar refractivity (Wildman–Crippen MR) is 71.9 cm³/mol. The zero-order chi connectivity index (χ0) is 13.6. The summed E-state index contributed by atoms with van der Waals surface area (Å²) in [4.78, 5) is 23.3. The van der Waals surface area contributed by atoms with Crippen LogP contribution < -0.4 is 11.1 Å². The molecule has 0 unspecified atom stereocenters. The first-order valence-corrected chi connectivity index (χ1v) is 6.67. The Labute approximate surface area is 112 Å². The van der Waals surface area contributed by atoms with Gasteiger partial charge in [-0.05, 0) is 26.2 Å². The smallest absolute Gasteiger partial charge is 0.305 e. The van der Waals surface area contributed by atoms with Gasteiger partial charge in [-0.2, -0.15) is 0 Å². The standard InChI is InChI=1S/C12H20N2O3S/c1-2-17-9(15)5-3-8-14-11(16)12(10(13)18)6-4-7-12/h2-8H2,1H3,(H2,13,18)(H,14,16). The number of hydrogen-bond donors (Lipinski definition) is 2. The van der Waals surface area contributed by atoms with Gasteiger partial charge < -0.3 is 15.8 Å². The molecule has 6 heteroatoms. The largest absolute Gasteiger partial charge is 0.466 e. The summed E-state index contributed by atoms with van der Waals surface area (Å²) in [6.07, 6.45) is 3.32. The molecule has 5 nitrogen and oxygen atoms in total. The Bertz CT molecular complexity index is 340. The Morgan fingerprint density at radius 1 is 1.44 bits per heavy atom. The number of nitrogens with two attached hydrogens (primary N) is 1. The number of thiocarbonyl (C=S) groups is 1. The van der Waals surface area contributed by atoms with Gasteiger partial charge in [0.2, 0.25) is 5.91 Å². The monoisotopic (exact) mass is 272 g/mol. The van der Waals surface area contributed by atoms with Crippen LogP contribution in [0.1, 0.15) is 39.0 Å². The molecule has 0 radical (unpaired) electrons. The van der Waals surface area contributed by atoms with Gasteiger partial charge in [0.15, 0.2) is 0 Å². The maximum absolute atomic E-state index is 12.0. The molecule has 0 spiro atoms. The Hall–Kier alpha value is -1.17. The number of amides is 1. The molecule has 1 saturated carbocycles. The second kappa shape index (κ2) is 6.68. The number of carbonyl (C=O) groups excluding carboxylic acids is 2. The van der Waals surface area contributed by atoms with Crippen molar-refractivity contribution in [2.75, 3.05) is 13.2 Å². The molecule has 18 heavy (non-hydrogen) atoms. The van der Waals surface area contributed by atoms with E-state index in [1.54, 1.807) is 6.92 Å². The van der Waals surface area contributed by atoms with Crippen LogP contribution in [0.2, 0.25) is 0 Å². The molecule has 1 aliphatic carbocycles. The van der Waals surface area contributed by atoms with Gasteiger partial charge in [-0.1, -0.05) is 18.6 Å². The number of carbonyl (C=O) groups is 2. The van der Waals surface area contributed by atoms with E-state index in [-0.39, 0.29) is 16.9 Å². The van der Waals surface area contributed by atoms with Gasteiger partial charge in [-0.15, -0.1) is 0 Å². The van der Waals surface area contributed by atoms with Crippen molar-refractivity contribution in [1.29, 1.82) is 0 Å². The highest BCUT2D eigenvalue weighted by atomic mass is 32.1. The van der Waals surface area contributed by atoms with Crippen molar-refractivity contribution in [3.63, 3.8) is 0 Å². The van der Waals surface area contributed by atoms with Gasteiger partial charge in [-0.25, -0.2) is 0 Å². The maximum Gasteiger partial charge on any atom is 0.305 e. The van der Waals surface area contributed by atoms with Crippen LogP contribution in [-0.4, -0.2) is 30.0 Å². The molecule has 102 valence electrons. The molecule has 0 atom stereocenters. The van der Waals surface area contributed by atoms with E-state index in [9.17, 15) is 9.59 Å². The SMILES string of the molecule is CCOC(=O)CCCNC(=O)C1(C(N)=S)CCC1. The third kappa shape index (κ3) is 3.41. The van der Waals surface area contributed by atoms with Gasteiger partial charge in [0, 0.05) is 13.0 Å². The summed E-state index contributed by atoms with van der Waals surface area (Å²) in [5, 5.41) is 2.79. The van der Waals surface area contributed by atoms with Crippen LogP contribution in [0.4, 0.5) is 0 Å². The number of esters is 1. The molecule has 0 heterocycles. The molecule has 0 aromatic heterocycles. The topological polar surface area (TPSA) is 81.4 Å². The molecule has 1 amide bonds. The van der Waals surface area contributed by atoms with E-state index < -0.39 is 5.41 Å². The van der Waals surface area contributed by atoms with Gasteiger partial charge in [0.25, 0.3) is 0 Å². The van der Waals surface area contributed by atoms with E-state index >= 15 is 0 Å². The lowest BCUT2D eigenvalue weighted by atomic mass is 9.68. The summed E-state index contributed by atoms with van der Waals surface area (Å²) in [6, 6.07) is 0. The number of rotatable bonds is 7. The Kier molecular flexibility index (Phi) is 5.53. The van der Waals surface area contributed by atoms with Crippen molar-refractivity contribution in [3.8, 4) is 0 Å². The fourth-order valence-corrected chi connectivity index (χ4v) is 2.25. The summed E-state index contributed by atoms with van der Waals surface area (Å²) < 4.78 is 4.79. The van der Waals surface area contributed by atoms with Crippen LogP contribution in [-0.2, 0) is 14.3 Å². The molecule has 0 aromatic rings. The fraction of sp³-hybridized carbons (Fsp3) is 0.750. The number of hydrogen-bond acceptors (Lipinski definition) is 4. The Morgan fingerprint density at radius 2 is 2.11 bits per heavy atom. The van der Waals surface area contributed by atoms with Crippen LogP contribution in [0.15, 0.2) is 0 Å². The molecular weight excluding hydrogens is 252 g/mol. The van der Waals surface area contributed by atoms with Crippen LogP contribution >= 0.6 is 12.2 Å². The summed E-state index contributed by atoms with van der Waals surface area (Å²) in [7, 11) is 0. The molecule has 0 aromatic carbocycles. The third-order valence-corrected chi connectivity index (χ3v) is 3.65. The summed E-state index contributed by atoms with van der Waals surface area (Å²) >= 11 is 4.95. The van der Waals surface area contributed by atoms with Crippen molar-refractivity contribution in [3.05, 3.63) is 0 Å². The van der Waals surface area contributed by atoms with Gasteiger partial charge in [0.1, 0.15) is 0 Å². The Morgan fingerprint density at radius 3 is 2.56 bits per heavy atom. The lowest BCUT2D eigenvalue weighted by molar-refractivity contribution is -0.143. The summed E-state index contributed by atoms with van der Waals surface area (Å²) in [6.45, 7) is 2.60. The molecule has 1 aliphatic rings. The number of nitrogens with one attached hydrogen (secondary N) is 1. The lowest BCUT2D eigenvalue weighted by Gasteiger charge is -2.39. The van der Waals surface area contributed by atoms with Crippen molar-refractivity contribution < 1.29 is 14.3 Å². The zero-order valence-corrected chi connectivity index (χ0v) is 11.5. The van der Waals surface area contributed by atoms with Crippen LogP contribution in [0.5, 0.6) is 0 Å². The quantitative estimate of drug-likeness (QED) is 0.409. The first-order chi connectivity index (χ1) is 8.53. The minimum absolute atomic E-state index is 0.106. The molecule has 3 N–H and O–H groups in total. The van der Waals surface area contributed by atoms with Crippen LogP contribution in [0.25, 0.3) is 0 Å². The molecule has 0 bridgehead atoms. The van der Waals surface area contributed by atoms with Gasteiger partial charge >= 0.3 is 5.97 Å². The van der Waals surface area contributed by atoms with Crippen LogP contribution in [0.3, 0.4) is 0 Å². The van der Waals surface area contributed by atoms with E-state index in [1.165, 1.54) is 0 Å². The zero-order valence-electron chi connectivity index (χ0n) is 10.7. The van der Waals surface area contributed by atoms with Gasteiger partial charge in [0.05, 0.1) is 17.0 Å². The van der Waals surface area contributed by atoms with Crippen molar-refractivity contribution in [1.82, 2.24) is 5.32 Å². The van der Waals surface area contributed by atoms with E-state index in [1.807, 2.05) is 0 Å². The van der Waals surface area contributed by atoms with E-state index in [2.05, 4.69) is 5.32 Å². The predicted octanol–water partition coefficient (Wildman–Crippen LogP) is 0.902. The normalized spacial score (nSPS) is 16.5. The van der Waals surface area contributed by atoms with E-state index in [0.717, 1.165) is 19.3 Å². The van der Waals surface area contributed by atoms with E-state index in [4.69, 9.17) is 22.7 Å². The van der Waals surface area contributed by atoms with Crippen LogP contribution in [0, 0.1) is 5.41 Å². The highest BCUT2D eigenvalue weighted by molar-refractivity contribution is 7.80. The van der Waals surface area contributed by atoms with Crippen molar-refractivity contribution >= 4 is 29.1 Å². The van der Waals surface area contributed by atoms with E-state index in [0.29, 0.717) is 26.0 Å². The Balaban J connectivity index is 2.25. The number of ether oxygens (including phenoxy) is 1. The fourth-order valence-electron chi connectivity index (χ4n) is 1.95. The average Bonchev–Trinajstić information content (AvgIpc) is 2.22. The molecule has 1 rings (SSSR count). The van der Waals surface area contributed by atoms with Gasteiger partial charge in [-0.3, -0.25) is 9.59 Å². The molecule has 0 aliphatic heterocycles. The minimum atomic E-state index is -0.640. The maximum atomic E-state index is 12.0. The molecule has 1 fully saturated rings. The molecular formula is C12H20N2O3S. The van der Waals surface area contributed by atoms with Crippen molar-refractivity contribution in [2.45, 2.75) is 39.0 Å². The third-order valence-electron chi connectivity index (χ3n) is 3.26. The molecule has 0 saturated heterocycles. The highest BCUT2D eigenvalue weighted by Gasteiger charge is 2.46. The first kappa shape index (κ1) is 14.9. The first-order valence-electron chi connectivity index (χ1n) is 6.27. The average molecular weight is 272 g/mol. The minimum Gasteiger partial charge on any atom is -0.466 e. The summed E-state index contributed by atoms with van der Waals surface area (Å²) in [5.74, 6) is -0.343. The second-order valence-corrected chi connectivity index (χ2v) is 4.90. The van der Waals surface area contributed by atoms with Crippen molar-refractivity contribution in [2.24, 2.45) is 11.1 Å². The lowest BCUT2D eigenvalue weighted by Crippen LogP contribution is -2.53. The summed E-state index contributed by atoms with van der Waals surface area (Å²) in [5.41, 5.74) is 4.98. The highest BCUT2D eigenvalue weighted by Crippen LogP contribution is 2.41.